The first kappa shape index (κ1) is 6.98. The topological polar surface area (TPSA) is 0 Å². The molecule has 1 fully saturated rings. The summed E-state index contributed by atoms with van der Waals surface area (Å²) in [5.41, 5.74) is 1.76. The van der Waals surface area contributed by atoms with Crippen molar-refractivity contribution in [2.24, 2.45) is 17.3 Å². The Labute approximate surface area is 68.7 Å². The molecule has 0 aromatic rings. The van der Waals surface area contributed by atoms with E-state index >= 15 is 0 Å². The Morgan fingerprint density at radius 1 is 1.64 bits per heavy atom. The molecule has 11 heavy (non-hydrogen) atoms. The van der Waals surface area contributed by atoms with Crippen LogP contribution in [-0.4, -0.2) is 0 Å². The summed E-state index contributed by atoms with van der Waals surface area (Å²) in [6, 6.07) is 0. The molecular weight excluding hydrogens is 132 g/mol. The quantitative estimate of drug-likeness (QED) is 0.461. The number of rotatable bonds is 0. The fourth-order valence-corrected chi connectivity index (χ4v) is 2.51. The van der Waals surface area contributed by atoms with Crippen molar-refractivity contribution in [3.8, 4) is 12.3 Å². The predicted molar refractivity (Wildman–Crippen MR) is 46.9 cm³/mol. The lowest BCUT2D eigenvalue weighted by atomic mass is 9.49. The average molecular weight is 146 g/mol. The molecule has 0 radical (unpaired) electrons. The molecule has 0 N–H and O–H groups in total. The van der Waals surface area contributed by atoms with Crippen LogP contribution in [0.1, 0.15) is 26.7 Å². The number of allylic oxidation sites excluding steroid dienone is 2. The molecule has 0 aromatic heterocycles. The largest absolute Gasteiger partial charge is 0.115 e. The maximum Gasteiger partial charge on any atom is 0.00144 e. The molecule has 0 aromatic carbocycles. The van der Waals surface area contributed by atoms with Crippen LogP contribution >= 0.6 is 0 Å². The van der Waals surface area contributed by atoms with Crippen LogP contribution < -0.4 is 0 Å². The van der Waals surface area contributed by atoms with Gasteiger partial charge in [-0.05, 0) is 30.1 Å². The Hall–Kier alpha value is -0.700. The fraction of sp³-hybridized carbons (Fsp3) is 0.636. The second-order valence-corrected chi connectivity index (χ2v) is 4.35. The highest BCUT2D eigenvalue weighted by atomic mass is 14.5. The Morgan fingerprint density at radius 3 is 2.73 bits per heavy atom. The molecule has 58 valence electrons. The summed E-state index contributed by atoms with van der Waals surface area (Å²) < 4.78 is 0. The van der Waals surface area contributed by atoms with E-state index in [2.05, 4.69) is 25.8 Å². The Bertz CT molecular complexity index is 250. The van der Waals surface area contributed by atoms with E-state index in [4.69, 9.17) is 6.42 Å². The van der Waals surface area contributed by atoms with Gasteiger partial charge in [0.25, 0.3) is 0 Å². The van der Waals surface area contributed by atoms with Gasteiger partial charge in [-0.3, -0.25) is 0 Å². The summed E-state index contributed by atoms with van der Waals surface area (Å²) in [6.07, 6.45) is 10.2. The normalized spacial score (nSPS) is 38.5. The minimum absolute atomic E-state index is 0.496. The monoisotopic (exact) mass is 146 g/mol. The average Bonchev–Trinajstić information content (AvgIpc) is 2.04. The van der Waals surface area contributed by atoms with Crippen LogP contribution in [0.2, 0.25) is 0 Å². The molecule has 0 aliphatic heterocycles. The molecule has 0 saturated heterocycles. The van der Waals surface area contributed by atoms with Crippen LogP contribution in [0.4, 0.5) is 0 Å². The molecule has 0 heterocycles. The van der Waals surface area contributed by atoms with E-state index < -0.39 is 0 Å². The molecule has 1 saturated carbocycles. The first-order valence-electron chi connectivity index (χ1n) is 4.33. The van der Waals surface area contributed by atoms with Crippen molar-refractivity contribution in [1.29, 1.82) is 0 Å². The van der Waals surface area contributed by atoms with Crippen molar-refractivity contribution in [2.45, 2.75) is 26.7 Å². The summed E-state index contributed by atoms with van der Waals surface area (Å²) in [4.78, 5) is 0. The molecule has 2 unspecified atom stereocenters. The van der Waals surface area contributed by atoms with Gasteiger partial charge in [-0.25, -0.2) is 0 Å². The zero-order valence-corrected chi connectivity index (χ0v) is 7.22. The molecule has 0 nitrogen and oxygen atoms in total. The Kier molecular flexibility index (Phi) is 1.21. The third-order valence-electron chi connectivity index (χ3n) is 3.63. The first-order chi connectivity index (χ1) is 5.16. The highest BCUT2D eigenvalue weighted by Gasteiger charge is 2.50. The van der Waals surface area contributed by atoms with Crippen LogP contribution in [0, 0.1) is 29.6 Å². The van der Waals surface area contributed by atoms with E-state index in [1.165, 1.54) is 18.4 Å². The van der Waals surface area contributed by atoms with Crippen LogP contribution in [0.3, 0.4) is 0 Å². The SMILES string of the molecule is C#CC1=CCC2CC1C2(C)C. The van der Waals surface area contributed by atoms with Gasteiger partial charge >= 0.3 is 0 Å². The third-order valence-corrected chi connectivity index (χ3v) is 3.63. The third kappa shape index (κ3) is 0.717. The molecule has 0 heteroatoms. The van der Waals surface area contributed by atoms with E-state index in [0.29, 0.717) is 11.3 Å². The maximum absolute atomic E-state index is 5.42. The Morgan fingerprint density at radius 2 is 2.36 bits per heavy atom. The van der Waals surface area contributed by atoms with E-state index in [0.717, 1.165) is 5.92 Å². The van der Waals surface area contributed by atoms with E-state index in [9.17, 15) is 0 Å². The van der Waals surface area contributed by atoms with E-state index in [1.54, 1.807) is 0 Å². The minimum atomic E-state index is 0.496. The van der Waals surface area contributed by atoms with Crippen molar-refractivity contribution < 1.29 is 0 Å². The van der Waals surface area contributed by atoms with Gasteiger partial charge in [0, 0.05) is 5.57 Å². The number of hydrogen-bond donors (Lipinski definition) is 0. The van der Waals surface area contributed by atoms with Gasteiger partial charge in [0.1, 0.15) is 0 Å². The highest BCUT2D eigenvalue weighted by molar-refractivity contribution is 5.36. The standard InChI is InChI=1S/C11H14/c1-4-8-5-6-9-7-10(8)11(9,2)3/h1,5,9-10H,6-7H2,2-3H3. The van der Waals surface area contributed by atoms with Gasteiger partial charge in [0.15, 0.2) is 0 Å². The minimum Gasteiger partial charge on any atom is -0.115 e. The molecule has 0 amide bonds. The number of hydrogen-bond acceptors (Lipinski definition) is 0. The molecule has 2 atom stereocenters. The van der Waals surface area contributed by atoms with Crippen molar-refractivity contribution in [3.05, 3.63) is 11.6 Å². The summed E-state index contributed by atoms with van der Waals surface area (Å²) in [5.74, 6) is 4.42. The molecule has 3 aliphatic carbocycles. The molecular formula is C11H14. The zero-order valence-electron chi connectivity index (χ0n) is 7.22. The second-order valence-electron chi connectivity index (χ2n) is 4.35. The zero-order chi connectivity index (χ0) is 8.06. The van der Waals surface area contributed by atoms with Gasteiger partial charge in [0.2, 0.25) is 0 Å². The second kappa shape index (κ2) is 1.91. The first-order valence-corrected chi connectivity index (χ1v) is 4.33. The lowest BCUT2D eigenvalue weighted by molar-refractivity contribution is -0.00246. The molecule has 0 spiro atoms. The van der Waals surface area contributed by atoms with E-state index in [-0.39, 0.29) is 0 Å². The Balaban J connectivity index is 2.32. The number of fused-ring (bicyclic) bond motifs is 1. The van der Waals surface area contributed by atoms with Crippen LogP contribution in [0.15, 0.2) is 11.6 Å². The highest BCUT2D eigenvalue weighted by Crippen LogP contribution is 2.58. The lowest BCUT2D eigenvalue weighted by Gasteiger charge is -2.55. The van der Waals surface area contributed by atoms with Crippen LogP contribution in [0.25, 0.3) is 0 Å². The summed E-state index contributed by atoms with van der Waals surface area (Å²) in [7, 11) is 0. The smallest absolute Gasteiger partial charge is 0.00144 e. The molecule has 2 bridgehead atoms. The summed E-state index contributed by atoms with van der Waals surface area (Å²) in [6.45, 7) is 4.69. The van der Waals surface area contributed by atoms with Crippen LogP contribution in [-0.2, 0) is 0 Å². The van der Waals surface area contributed by atoms with Crippen molar-refractivity contribution in [1.82, 2.24) is 0 Å². The molecule has 3 rings (SSSR count). The van der Waals surface area contributed by atoms with Crippen LogP contribution in [0.5, 0.6) is 0 Å². The van der Waals surface area contributed by atoms with Crippen molar-refractivity contribution in [3.63, 3.8) is 0 Å². The van der Waals surface area contributed by atoms with Crippen molar-refractivity contribution >= 4 is 0 Å². The van der Waals surface area contributed by atoms with Gasteiger partial charge in [-0.1, -0.05) is 25.8 Å². The van der Waals surface area contributed by atoms with Gasteiger partial charge in [0.05, 0.1) is 0 Å². The summed E-state index contributed by atoms with van der Waals surface area (Å²) >= 11 is 0. The molecule has 3 aliphatic rings. The van der Waals surface area contributed by atoms with Crippen molar-refractivity contribution in [2.75, 3.05) is 0 Å². The van der Waals surface area contributed by atoms with Gasteiger partial charge in [-0.15, -0.1) is 6.42 Å². The predicted octanol–water partition coefficient (Wildman–Crippen LogP) is 2.61. The fourth-order valence-electron chi connectivity index (χ4n) is 2.51. The number of terminal acetylenes is 1. The van der Waals surface area contributed by atoms with Gasteiger partial charge < -0.3 is 0 Å². The van der Waals surface area contributed by atoms with E-state index in [1.807, 2.05) is 0 Å². The van der Waals surface area contributed by atoms with Gasteiger partial charge in [-0.2, -0.15) is 0 Å². The maximum atomic E-state index is 5.42. The lowest BCUT2D eigenvalue weighted by Crippen LogP contribution is -2.47. The summed E-state index contributed by atoms with van der Waals surface area (Å²) in [5, 5.41) is 0.